The summed E-state index contributed by atoms with van der Waals surface area (Å²) in [5.74, 6) is 2.12. The summed E-state index contributed by atoms with van der Waals surface area (Å²) in [5.41, 5.74) is 1.41. The number of aryl methyl sites for hydroxylation is 2. The van der Waals surface area contributed by atoms with E-state index in [0.29, 0.717) is 6.04 Å². The maximum atomic E-state index is 5.80. The molecule has 1 N–H and O–H groups in total. The summed E-state index contributed by atoms with van der Waals surface area (Å²) in [6.45, 7) is 2.11. The highest BCUT2D eigenvalue weighted by atomic mass is 32.1. The first-order chi connectivity index (χ1) is 8.33. The van der Waals surface area contributed by atoms with E-state index in [2.05, 4.69) is 41.2 Å². The highest BCUT2D eigenvalue weighted by Crippen LogP contribution is 2.22. The molecule has 0 saturated heterocycles. The lowest BCUT2D eigenvalue weighted by molar-refractivity contribution is 0.395. The van der Waals surface area contributed by atoms with Crippen molar-refractivity contribution in [2.45, 2.75) is 32.2 Å². The van der Waals surface area contributed by atoms with E-state index in [1.165, 1.54) is 5.56 Å². The Morgan fingerprint density at radius 2 is 2.24 bits per heavy atom. The summed E-state index contributed by atoms with van der Waals surface area (Å²) in [7, 11) is 1.99. The molecular formula is C14H19NOS. The van der Waals surface area contributed by atoms with Crippen molar-refractivity contribution in [3.05, 3.63) is 46.0 Å². The van der Waals surface area contributed by atoms with Crippen molar-refractivity contribution >= 4 is 11.3 Å². The van der Waals surface area contributed by atoms with Gasteiger partial charge in [0.2, 0.25) is 0 Å². The van der Waals surface area contributed by atoms with E-state index in [9.17, 15) is 0 Å². The Morgan fingerprint density at radius 3 is 2.82 bits per heavy atom. The Labute approximate surface area is 107 Å². The first kappa shape index (κ1) is 12.4. The van der Waals surface area contributed by atoms with E-state index in [0.717, 1.165) is 30.8 Å². The van der Waals surface area contributed by atoms with Gasteiger partial charge in [0.15, 0.2) is 0 Å². The molecule has 1 unspecified atom stereocenters. The molecule has 0 spiro atoms. The molecular weight excluding hydrogens is 230 g/mol. The quantitative estimate of drug-likeness (QED) is 0.842. The zero-order valence-electron chi connectivity index (χ0n) is 10.4. The minimum absolute atomic E-state index is 0.315. The highest BCUT2D eigenvalue weighted by molar-refractivity contribution is 7.07. The van der Waals surface area contributed by atoms with Crippen LogP contribution in [0.1, 0.15) is 36.5 Å². The lowest BCUT2D eigenvalue weighted by atomic mass is 10.1. The Hall–Kier alpha value is -1.06. The van der Waals surface area contributed by atoms with Crippen LogP contribution in [0.3, 0.4) is 0 Å². The Kier molecular flexibility index (Phi) is 4.40. The van der Waals surface area contributed by atoms with Gasteiger partial charge < -0.3 is 9.73 Å². The van der Waals surface area contributed by atoms with E-state index in [1.807, 2.05) is 7.05 Å². The van der Waals surface area contributed by atoms with E-state index >= 15 is 0 Å². The molecule has 2 nitrogen and oxygen atoms in total. The molecule has 0 amide bonds. The second kappa shape index (κ2) is 6.03. The molecule has 1 atom stereocenters. The minimum Gasteiger partial charge on any atom is -0.464 e. The molecule has 0 radical (unpaired) electrons. The number of nitrogens with one attached hydrogen (secondary N) is 1. The number of rotatable bonds is 6. The number of hydrogen-bond acceptors (Lipinski definition) is 3. The predicted molar refractivity (Wildman–Crippen MR) is 72.5 cm³/mol. The van der Waals surface area contributed by atoms with Gasteiger partial charge in [-0.25, -0.2) is 0 Å². The summed E-state index contributed by atoms with van der Waals surface area (Å²) >= 11 is 1.76. The van der Waals surface area contributed by atoms with Gasteiger partial charge in [0.05, 0.1) is 6.04 Å². The van der Waals surface area contributed by atoms with Crippen LogP contribution in [-0.2, 0) is 12.8 Å². The van der Waals surface area contributed by atoms with Crippen LogP contribution in [-0.4, -0.2) is 7.05 Å². The van der Waals surface area contributed by atoms with Crippen LogP contribution < -0.4 is 5.32 Å². The summed E-state index contributed by atoms with van der Waals surface area (Å²) in [4.78, 5) is 0. The monoisotopic (exact) mass is 249 g/mol. The second-order valence-corrected chi connectivity index (χ2v) is 4.95. The second-order valence-electron chi connectivity index (χ2n) is 4.17. The Morgan fingerprint density at radius 1 is 1.35 bits per heavy atom. The van der Waals surface area contributed by atoms with Crippen LogP contribution in [0.2, 0.25) is 0 Å². The molecule has 0 aliphatic carbocycles. The zero-order chi connectivity index (χ0) is 12.1. The van der Waals surface area contributed by atoms with E-state index in [-0.39, 0.29) is 0 Å². The predicted octanol–water partition coefficient (Wildman–Crippen LogP) is 3.80. The van der Waals surface area contributed by atoms with Crippen LogP contribution in [0.5, 0.6) is 0 Å². The highest BCUT2D eigenvalue weighted by Gasteiger charge is 2.13. The van der Waals surface area contributed by atoms with Gasteiger partial charge in [-0.3, -0.25) is 0 Å². The van der Waals surface area contributed by atoms with Crippen LogP contribution in [0.4, 0.5) is 0 Å². The Balaban J connectivity index is 1.96. The topological polar surface area (TPSA) is 25.2 Å². The molecule has 0 fully saturated rings. The molecule has 0 aromatic carbocycles. The molecule has 3 heteroatoms. The molecule has 2 aromatic heterocycles. The average Bonchev–Trinajstić information content (AvgIpc) is 3.00. The fourth-order valence-electron chi connectivity index (χ4n) is 1.95. The van der Waals surface area contributed by atoms with Crippen molar-refractivity contribution < 1.29 is 4.42 Å². The molecule has 2 rings (SSSR count). The summed E-state index contributed by atoms with van der Waals surface area (Å²) in [5, 5.41) is 7.67. The maximum absolute atomic E-state index is 5.80. The number of furan rings is 1. The van der Waals surface area contributed by atoms with Crippen molar-refractivity contribution in [3.8, 4) is 0 Å². The minimum atomic E-state index is 0.315. The first-order valence-electron chi connectivity index (χ1n) is 6.10. The molecule has 2 heterocycles. The van der Waals surface area contributed by atoms with Gasteiger partial charge in [-0.1, -0.05) is 6.92 Å². The van der Waals surface area contributed by atoms with Gasteiger partial charge in [-0.15, -0.1) is 0 Å². The van der Waals surface area contributed by atoms with Gasteiger partial charge in [-0.05, 0) is 54.4 Å². The summed E-state index contributed by atoms with van der Waals surface area (Å²) in [6, 6.07) is 6.67. The van der Waals surface area contributed by atoms with Crippen molar-refractivity contribution in [1.82, 2.24) is 5.32 Å². The molecule has 92 valence electrons. The first-order valence-corrected chi connectivity index (χ1v) is 7.04. The van der Waals surface area contributed by atoms with Gasteiger partial charge in [-0.2, -0.15) is 11.3 Å². The van der Waals surface area contributed by atoms with E-state index < -0.39 is 0 Å². The summed E-state index contributed by atoms with van der Waals surface area (Å²) in [6.07, 6.45) is 3.13. The molecule has 0 aliphatic rings. The lowest BCUT2D eigenvalue weighted by Gasteiger charge is -2.12. The van der Waals surface area contributed by atoms with Crippen LogP contribution in [0, 0.1) is 0 Å². The molecule has 17 heavy (non-hydrogen) atoms. The van der Waals surface area contributed by atoms with Crippen molar-refractivity contribution in [2.75, 3.05) is 7.05 Å². The molecule has 0 bridgehead atoms. The van der Waals surface area contributed by atoms with Gasteiger partial charge in [0.1, 0.15) is 11.5 Å². The normalized spacial score (nSPS) is 12.8. The van der Waals surface area contributed by atoms with Crippen molar-refractivity contribution in [3.63, 3.8) is 0 Å². The summed E-state index contributed by atoms with van der Waals surface area (Å²) < 4.78 is 5.80. The standard InChI is InChI=1S/C14H19NOS/c1-3-12-5-7-14(16-12)13(15-2)6-4-11-8-9-17-10-11/h5,7-10,13,15H,3-4,6H2,1-2H3. The molecule has 0 aliphatic heterocycles. The third kappa shape index (κ3) is 3.20. The maximum Gasteiger partial charge on any atom is 0.121 e. The van der Waals surface area contributed by atoms with Crippen LogP contribution >= 0.6 is 11.3 Å². The van der Waals surface area contributed by atoms with Crippen molar-refractivity contribution in [2.24, 2.45) is 0 Å². The van der Waals surface area contributed by atoms with Gasteiger partial charge in [0, 0.05) is 6.42 Å². The largest absolute Gasteiger partial charge is 0.464 e. The van der Waals surface area contributed by atoms with E-state index in [4.69, 9.17) is 4.42 Å². The third-order valence-corrected chi connectivity index (χ3v) is 3.76. The zero-order valence-corrected chi connectivity index (χ0v) is 11.2. The van der Waals surface area contributed by atoms with Crippen LogP contribution in [0.25, 0.3) is 0 Å². The molecule has 2 aromatic rings. The SMILES string of the molecule is CCc1ccc(C(CCc2ccsc2)NC)o1. The average molecular weight is 249 g/mol. The fraction of sp³-hybridized carbons (Fsp3) is 0.429. The lowest BCUT2D eigenvalue weighted by Crippen LogP contribution is -2.16. The van der Waals surface area contributed by atoms with Gasteiger partial charge in [0.25, 0.3) is 0 Å². The smallest absolute Gasteiger partial charge is 0.121 e. The van der Waals surface area contributed by atoms with E-state index in [1.54, 1.807) is 11.3 Å². The Bertz CT molecular complexity index is 433. The van der Waals surface area contributed by atoms with Crippen molar-refractivity contribution in [1.29, 1.82) is 0 Å². The van der Waals surface area contributed by atoms with Gasteiger partial charge >= 0.3 is 0 Å². The van der Waals surface area contributed by atoms with Crippen LogP contribution in [0.15, 0.2) is 33.4 Å². The fourth-order valence-corrected chi connectivity index (χ4v) is 2.65. The molecule has 0 saturated carbocycles. The number of hydrogen-bond donors (Lipinski definition) is 1. The third-order valence-electron chi connectivity index (χ3n) is 3.02. The number of thiophene rings is 1.